The lowest BCUT2D eigenvalue weighted by Crippen LogP contribution is -2.34. The lowest BCUT2D eigenvalue weighted by molar-refractivity contribution is 0.437. The molecule has 0 amide bonds. The lowest BCUT2D eigenvalue weighted by atomic mass is 9.96. The van der Waals surface area contributed by atoms with E-state index < -0.39 is 0 Å². The molecule has 0 aromatic carbocycles. The smallest absolute Gasteiger partial charge is 0.0955 e. The first kappa shape index (κ1) is 11.9. The number of piperidine rings is 1. The van der Waals surface area contributed by atoms with Crippen LogP contribution in [0.15, 0.2) is 18.5 Å². The van der Waals surface area contributed by atoms with Crippen molar-refractivity contribution < 1.29 is 0 Å². The zero-order valence-electron chi connectivity index (χ0n) is 10.2. The van der Waals surface area contributed by atoms with E-state index in [4.69, 9.17) is 0 Å². The highest BCUT2D eigenvalue weighted by molar-refractivity contribution is 9.09. The van der Waals surface area contributed by atoms with Crippen molar-refractivity contribution in [3.8, 4) is 11.3 Å². The molecule has 1 fully saturated rings. The molecule has 1 unspecified atom stereocenters. The first-order valence-electron chi connectivity index (χ1n) is 6.14. The highest BCUT2D eigenvalue weighted by Gasteiger charge is 2.21. The zero-order chi connectivity index (χ0) is 12.5. The molecule has 96 valence electrons. The molecular weight excluding hydrogens is 294 g/mol. The molecule has 3 heterocycles. The number of nitrogens with one attached hydrogen (secondary N) is 2. The molecule has 2 aromatic rings. The maximum Gasteiger partial charge on any atom is 0.0955 e. The summed E-state index contributed by atoms with van der Waals surface area (Å²) in [6.07, 6.45) is 6.14. The first-order chi connectivity index (χ1) is 8.72. The van der Waals surface area contributed by atoms with Crippen molar-refractivity contribution in [2.45, 2.75) is 23.7 Å². The van der Waals surface area contributed by atoms with Crippen LogP contribution in [0.4, 0.5) is 0 Å². The number of halogens is 1. The Bertz CT molecular complexity index is 524. The molecule has 0 aliphatic carbocycles. The van der Waals surface area contributed by atoms with Gasteiger partial charge in [-0.15, -0.1) is 0 Å². The van der Waals surface area contributed by atoms with E-state index in [-0.39, 0.29) is 0 Å². The molecule has 2 atom stereocenters. The van der Waals surface area contributed by atoms with Crippen molar-refractivity contribution in [3.05, 3.63) is 24.2 Å². The first-order valence-corrected chi connectivity index (χ1v) is 7.06. The van der Waals surface area contributed by atoms with Crippen LogP contribution in [0.1, 0.15) is 24.5 Å². The molecule has 6 heteroatoms. The summed E-state index contributed by atoms with van der Waals surface area (Å²) in [7, 11) is 1.91. The molecule has 1 aliphatic heterocycles. The Morgan fingerprint density at radius 3 is 3.00 bits per heavy atom. The van der Waals surface area contributed by atoms with Gasteiger partial charge in [0.15, 0.2) is 0 Å². The molecule has 5 nitrogen and oxygen atoms in total. The Labute approximate surface area is 114 Å². The van der Waals surface area contributed by atoms with Gasteiger partial charge in [0.05, 0.1) is 16.8 Å². The summed E-state index contributed by atoms with van der Waals surface area (Å²) in [5.41, 5.74) is 3.24. The van der Waals surface area contributed by atoms with Crippen molar-refractivity contribution in [2.75, 3.05) is 6.54 Å². The second-order valence-electron chi connectivity index (χ2n) is 4.76. The van der Waals surface area contributed by atoms with Gasteiger partial charge in [-0.3, -0.25) is 9.78 Å². The number of H-pyrrole nitrogens is 1. The normalized spacial score (nSPS) is 24.3. The number of hydrogen-bond donors (Lipinski definition) is 2. The van der Waals surface area contributed by atoms with E-state index in [0.29, 0.717) is 10.9 Å². The van der Waals surface area contributed by atoms with Crippen LogP contribution in [0.2, 0.25) is 0 Å². The molecule has 0 radical (unpaired) electrons. The largest absolute Gasteiger partial charge is 0.304 e. The highest BCUT2D eigenvalue weighted by atomic mass is 79.9. The third-order valence-corrected chi connectivity index (χ3v) is 4.17. The van der Waals surface area contributed by atoms with Crippen LogP contribution >= 0.6 is 15.9 Å². The molecule has 0 bridgehead atoms. The standard InChI is InChI=1S/C12H16BrN5/c1-18-7-9(6-15-18)11-4-10(16-17-11)8-2-3-12(13)14-5-8/h4,6-8,12,14H,2-3,5H2,1H3,(H,16,17)/t8?,12-/m0/s1. The van der Waals surface area contributed by atoms with Crippen LogP contribution in [-0.2, 0) is 7.05 Å². The van der Waals surface area contributed by atoms with Crippen LogP contribution in [0.3, 0.4) is 0 Å². The zero-order valence-corrected chi connectivity index (χ0v) is 11.8. The summed E-state index contributed by atoms with van der Waals surface area (Å²) < 4.78 is 1.79. The van der Waals surface area contributed by atoms with Crippen LogP contribution < -0.4 is 5.32 Å². The minimum absolute atomic E-state index is 0.453. The molecule has 0 spiro atoms. The predicted octanol–water partition coefficient (Wildman–Crippen LogP) is 2.00. The van der Waals surface area contributed by atoms with Crippen molar-refractivity contribution in [2.24, 2.45) is 7.05 Å². The maximum atomic E-state index is 4.38. The van der Waals surface area contributed by atoms with Crippen LogP contribution in [0, 0.1) is 0 Å². The van der Waals surface area contributed by atoms with Crippen molar-refractivity contribution in [1.82, 2.24) is 25.3 Å². The average Bonchev–Trinajstić information content (AvgIpc) is 2.98. The third kappa shape index (κ3) is 2.35. The number of aromatic nitrogens is 4. The summed E-state index contributed by atoms with van der Waals surface area (Å²) in [5, 5.41) is 15.1. The van der Waals surface area contributed by atoms with Gasteiger partial charge < -0.3 is 5.32 Å². The Balaban J connectivity index is 1.77. The summed E-state index contributed by atoms with van der Waals surface area (Å²) in [6.45, 7) is 0.991. The van der Waals surface area contributed by atoms with Crippen molar-refractivity contribution in [3.63, 3.8) is 0 Å². The highest BCUT2D eigenvalue weighted by Crippen LogP contribution is 2.28. The van der Waals surface area contributed by atoms with Crippen LogP contribution in [0.5, 0.6) is 0 Å². The predicted molar refractivity (Wildman–Crippen MR) is 73.5 cm³/mol. The minimum Gasteiger partial charge on any atom is -0.304 e. The monoisotopic (exact) mass is 309 g/mol. The number of nitrogens with zero attached hydrogens (tertiary/aromatic N) is 3. The number of hydrogen-bond acceptors (Lipinski definition) is 3. The second kappa shape index (κ2) is 4.85. The number of rotatable bonds is 2. The van der Waals surface area contributed by atoms with E-state index in [1.165, 1.54) is 12.1 Å². The van der Waals surface area contributed by atoms with Gasteiger partial charge in [-0.05, 0) is 18.9 Å². The molecule has 2 N–H and O–H groups in total. The van der Waals surface area contributed by atoms with E-state index in [2.05, 4.69) is 42.6 Å². The summed E-state index contributed by atoms with van der Waals surface area (Å²) in [4.78, 5) is 0.453. The van der Waals surface area contributed by atoms with E-state index in [0.717, 1.165) is 24.2 Å². The Morgan fingerprint density at radius 2 is 2.33 bits per heavy atom. The van der Waals surface area contributed by atoms with Gasteiger partial charge in [-0.1, -0.05) is 15.9 Å². The van der Waals surface area contributed by atoms with Gasteiger partial charge in [0.1, 0.15) is 0 Å². The molecule has 18 heavy (non-hydrogen) atoms. The fourth-order valence-electron chi connectivity index (χ4n) is 2.33. The Kier molecular flexibility index (Phi) is 3.22. The number of aryl methyl sites for hydroxylation is 1. The van der Waals surface area contributed by atoms with E-state index in [1.54, 1.807) is 4.68 Å². The number of aromatic amines is 1. The quantitative estimate of drug-likeness (QED) is 0.659. The molecular formula is C12H16BrN5. The van der Waals surface area contributed by atoms with Crippen molar-refractivity contribution in [1.29, 1.82) is 0 Å². The lowest BCUT2D eigenvalue weighted by Gasteiger charge is -2.25. The average molecular weight is 310 g/mol. The van der Waals surface area contributed by atoms with Crippen molar-refractivity contribution >= 4 is 15.9 Å². The van der Waals surface area contributed by atoms with Gasteiger partial charge in [0.2, 0.25) is 0 Å². The fourth-order valence-corrected chi connectivity index (χ4v) is 2.79. The summed E-state index contributed by atoms with van der Waals surface area (Å²) >= 11 is 3.58. The second-order valence-corrected chi connectivity index (χ2v) is 5.87. The van der Waals surface area contributed by atoms with E-state index in [9.17, 15) is 0 Å². The SMILES string of the molecule is Cn1cc(-c2cc(C3CC[C@@H](Br)NC3)[nH]n2)cn1. The van der Waals surface area contributed by atoms with Gasteiger partial charge in [0, 0.05) is 37.0 Å². The van der Waals surface area contributed by atoms with Gasteiger partial charge in [-0.25, -0.2) is 0 Å². The van der Waals surface area contributed by atoms with Crippen LogP contribution in [-0.4, -0.2) is 31.5 Å². The van der Waals surface area contributed by atoms with Gasteiger partial charge in [0.25, 0.3) is 0 Å². The Morgan fingerprint density at radius 1 is 1.44 bits per heavy atom. The maximum absolute atomic E-state index is 4.38. The molecule has 0 saturated carbocycles. The van der Waals surface area contributed by atoms with Gasteiger partial charge in [-0.2, -0.15) is 10.2 Å². The molecule has 1 aliphatic rings. The van der Waals surface area contributed by atoms with E-state index >= 15 is 0 Å². The number of alkyl halides is 1. The molecule has 3 rings (SSSR count). The van der Waals surface area contributed by atoms with E-state index in [1.807, 2.05) is 19.4 Å². The summed E-state index contributed by atoms with van der Waals surface area (Å²) in [5.74, 6) is 0.525. The third-order valence-electron chi connectivity index (χ3n) is 3.39. The topological polar surface area (TPSA) is 58.5 Å². The molecule has 1 saturated heterocycles. The fraction of sp³-hybridized carbons (Fsp3) is 0.500. The summed E-state index contributed by atoms with van der Waals surface area (Å²) in [6, 6.07) is 2.14. The Hall–Kier alpha value is -1.14. The minimum atomic E-state index is 0.453. The van der Waals surface area contributed by atoms with Gasteiger partial charge >= 0.3 is 0 Å². The molecule has 2 aromatic heterocycles. The van der Waals surface area contributed by atoms with Crippen LogP contribution in [0.25, 0.3) is 11.3 Å².